The fraction of sp³-hybridized carbons (Fsp3) is 0.105. The number of nitrogens with two attached hydrogens (primary N) is 1. The van der Waals surface area contributed by atoms with Crippen LogP contribution in [0.1, 0.15) is 18.5 Å². The molecule has 0 radical (unpaired) electrons. The largest absolute Gasteiger partial charge is 0.366 e. The van der Waals surface area contributed by atoms with Gasteiger partial charge in [0.25, 0.3) is 0 Å². The summed E-state index contributed by atoms with van der Waals surface area (Å²) < 4.78 is 2.53. The minimum absolute atomic E-state index is 0.419. The number of carbonyl (C=O) groups is 1. The Balaban J connectivity index is 1.90. The molecule has 3 N–H and O–H groups in total. The average molecular weight is 479 g/mol. The predicted octanol–water partition coefficient (Wildman–Crippen LogP) is 4.79. The molecule has 0 bridgehead atoms. The van der Waals surface area contributed by atoms with Crippen LogP contribution in [0.25, 0.3) is 11.4 Å². The first-order valence-corrected chi connectivity index (χ1v) is 9.85. The van der Waals surface area contributed by atoms with Crippen molar-refractivity contribution >= 4 is 51.0 Å². The van der Waals surface area contributed by atoms with Crippen LogP contribution in [0.15, 0.2) is 58.2 Å². The van der Waals surface area contributed by atoms with E-state index in [0.717, 1.165) is 10.0 Å². The van der Waals surface area contributed by atoms with Crippen LogP contribution in [0.4, 0.5) is 5.95 Å². The Labute approximate surface area is 179 Å². The Morgan fingerprint density at radius 2 is 2.04 bits per heavy atom. The summed E-state index contributed by atoms with van der Waals surface area (Å²) in [4.78, 5) is 16.8. The Morgan fingerprint density at radius 1 is 1.25 bits per heavy atom. The number of aromatic nitrogens is 3. The quantitative estimate of drug-likeness (QED) is 0.566. The highest BCUT2D eigenvalue weighted by molar-refractivity contribution is 9.10. The van der Waals surface area contributed by atoms with Crippen LogP contribution in [0.5, 0.6) is 0 Å². The Hall–Kier alpha value is -2.35. The van der Waals surface area contributed by atoms with E-state index in [9.17, 15) is 4.79 Å². The molecule has 0 saturated carbocycles. The molecule has 28 heavy (non-hydrogen) atoms. The average Bonchev–Trinajstić information content (AvgIpc) is 3.03. The monoisotopic (exact) mass is 477 g/mol. The van der Waals surface area contributed by atoms with Gasteiger partial charge in [0.1, 0.15) is 6.04 Å². The lowest BCUT2D eigenvalue weighted by Crippen LogP contribution is -2.31. The minimum atomic E-state index is -0.526. The van der Waals surface area contributed by atoms with Crippen molar-refractivity contribution in [3.63, 3.8) is 0 Å². The van der Waals surface area contributed by atoms with Gasteiger partial charge < -0.3 is 11.1 Å². The van der Waals surface area contributed by atoms with Crippen molar-refractivity contribution in [1.29, 1.82) is 0 Å². The van der Waals surface area contributed by atoms with Gasteiger partial charge in [-0.1, -0.05) is 51.3 Å². The van der Waals surface area contributed by atoms with Crippen LogP contribution >= 0.6 is 39.1 Å². The van der Waals surface area contributed by atoms with Crippen molar-refractivity contribution in [3.05, 3.63) is 73.8 Å². The van der Waals surface area contributed by atoms with E-state index in [4.69, 9.17) is 28.9 Å². The van der Waals surface area contributed by atoms with E-state index in [1.807, 2.05) is 24.3 Å². The maximum atomic E-state index is 12.2. The zero-order valence-electron chi connectivity index (χ0n) is 14.6. The van der Waals surface area contributed by atoms with E-state index >= 15 is 0 Å². The Bertz CT molecular complexity index is 1140. The number of halogens is 3. The van der Waals surface area contributed by atoms with Gasteiger partial charge in [0.15, 0.2) is 5.82 Å². The summed E-state index contributed by atoms with van der Waals surface area (Å²) in [5.74, 6) is 0.387. The molecule has 1 aliphatic heterocycles. The number of hydrogen-bond acceptors (Lipinski definition) is 4. The molecule has 2 aromatic carbocycles. The van der Waals surface area contributed by atoms with Crippen molar-refractivity contribution in [3.8, 4) is 11.4 Å². The van der Waals surface area contributed by atoms with Gasteiger partial charge >= 0.3 is 0 Å². The van der Waals surface area contributed by atoms with Crippen molar-refractivity contribution in [2.45, 2.75) is 13.0 Å². The normalized spacial score (nSPS) is 15.9. The molecule has 142 valence electrons. The maximum Gasteiger partial charge on any atom is 0.248 e. The van der Waals surface area contributed by atoms with Gasteiger partial charge in [0, 0.05) is 20.8 Å². The van der Waals surface area contributed by atoms with Gasteiger partial charge in [-0.05, 0) is 42.8 Å². The maximum absolute atomic E-state index is 12.2. The number of amides is 1. The van der Waals surface area contributed by atoms with E-state index in [1.54, 1.807) is 29.8 Å². The van der Waals surface area contributed by atoms with Crippen molar-refractivity contribution in [1.82, 2.24) is 14.8 Å². The molecule has 1 aliphatic rings. The van der Waals surface area contributed by atoms with Crippen LogP contribution in [0.2, 0.25) is 10.0 Å². The number of hydrogen-bond donors (Lipinski definition) is 2. The van der Waals surface area contributed by atoms with Crippen molar-refractivity contribution < 1.29 is 4.79 Å². The number of primary amides is 1. The lowest BCUT2D eigenvalue weighted by atomic mass is 9.95. The number of allylic oxidation sites excluding steroid dienone is 1. The molecule has 0 saturated heterocycles. The molecule has 0 fully saturated rings. The summed E-state index contributed by atoms with van der Waals surface area (Å²) in [6.07, 6.45) is 0. The topological polar surface area (TPSA) is 85.8 Å². The summed E-state index contributed by atoms with van der Waals surface area (Å²) in [7, 11) is 0. The summed E-state index contributed by atoms with van der Waals surface area (Å²) in [5, 5.41) is 8.70. The van der Waals surface area contributed by atoms with Gasteiger partial charge in [-0.3, -0.25) is 4.79 Å². The number of fused-ring (bicyclic) bond motifs is 1. The summed E-state index contributed by atoms with van der Waals surface area (Å²) in [6, 6.07) is 12.2. The van der Waals surface area contributed by atoms with Gasteiger partial charge in [0.05, 0.1) is 10.6 Å². The van der Waals surface area contributed by atoms with E-state index in [-0.39, 0.29) is 0 Å². The minimum Gasteiger partial charge on any atom is -0.366 e. The fourth-order valence-corrected chi connectivity index (χ4v) is 4.15. The van der Waals surface area contributed by atoms with Crippen molar-refractivity contribution in [2.24, 2.45) is 5.73 Å². The number of nitrogens with zero attached hydrogens (tertiary/aromatic N) is 3. The van der Waals surface area contributed by atoms with Crippen LogP contribution in [0, 0.1) is 0 Å². The van der Waals surface area contributed by atoms with E-state index in [2.05, 4.69) is 31.3 Å². The molecule has 6 nitrogen and oxygen atoms in total. The summed E-state index contributed by atoms with van der Waals surface area (Å²) >= 11 is 15.8. The van der Waals surface area contributed by atoms with Crippen LogP contribution in [-0.2, 0) is 4.79 Å². The third-order valence-corrected chi connectivity index (χ3v) is 5.50. The second kappa shape index (κ2) is 7.24. The zero-order valence-corrected chi connectivity index (χ0v) is 17.7. The van der Waals surface area contributed by atoms with Gasteiger partial charge in [0.2, 0.25) is 11.9 Å². The van der Waals surface area contributed by atoms with E-state index in [1.165, 1.54) is 0 Å². The molecular formula is C19H14BrCl2N5O. The number of carbonyl (C=O) groups excluding carboxylic acids is 1. The second-order valence-electron chi connectivity index (χ2n) is 6.31. The molecule has 1 atom stereocenters. The van der Waals surface area contributed by atoms with E-state index < -0.39 is 11.9 Å². The molecule has 1 aromatic heterocycles. The van der Waals surface area contributed by atoms with Crippen molar-refractivity contribution in [2.75, 3.05) is 5.32 Å². The number of rotatable bonds is 3. The molecule has 9 heteroatoms. The zero-order chi connectivity index (χ0) is 20.0. The summed E-state index contributed by atoms with van der Waals surface area (Å²) in [6.45, 7) is 1.79. The molecule has 3 aromatic rings. The van der Waals surface area contributed by atoms with Gasteiger partial charge in [-0.2, -0.15) is 4.98 Å². The SMILES string of the molecule is CC1=C(C(N)=O)C(c2cccc(Br)c2)n2nc(-c3ccc(Cl)cc3Cl)nc2N1. The highest BCUT2D eigenvalue weighted by Gasteiger charge is 2.33. The lowest BCUT2D eigenvalue weighted by Gasteiger charge is -2.27. The van der Waals surface area contributed by atoms with Crippen LogP contribution in [-0.4, -0.2) is 20.7 Å². The highest BCUT2D eigenvalue weighted by atomic mass is 79.9. The first-order valence-electron chi connectivity index (χ1n) is 8.30. The second-order valence-corrected chi connectivity index (χ2v) is 8.07. The molecular weight excluding hydrogens is 465 g/mol. The fourth-order valence-electron chi connectivity index (χ4n) is 3.24. The highest BCUT2D eigenvalue weighted by Crippen LogP contribution is 2.37. The molecule has 1 amide bonds. The Kier molecular flexibility index (Phi) is 4.91. The standard InChI is InChI=1S/C19H14BrCl2N5O/c1-9-15(17(23)28)16(10-3-2-4-11(20)7-10)27-19(24-9)25-18(26-27)13-6-5-12(21)8-14(13)22/h2-8,16H,1H3,(H2,23,28)(H,24,25,26). The lowest BCUT2D eigenvalue weighted by molar-refractivity contribution is -0.115. The predicted molar refractivity (Wildman–Crippen MR) is 113 cm³/mol. The summed E-state index contributed by atoms with van der Waals surface area (Å²) in [5.41, 5.74) is 8.24. The Morgan fingerprint density at radius 3 is 2.71 bits per heavy atom. The number of nitrogens with one attached hydrogen (secondary N) is 1. The number of benzene rings is 2. The first-order chi connectivity index (χ1) is 13.3. The molecule has 2 heterocycles. The van der Waals surface area contributed by atoms with Gasteiger partial charge in [-0.15, -0.1) is 5.10 Å². The third kappa shape index (κ3) is 3.30. The van der Waals surface area contributed by atoms with Gasteiger partial charge in [-0.25, -0.2) is 4.68 Å². The third-order valence-electron chi connectivity index (χ3n) is 4.45. The molecule has 1 unspecified atom stereocenters. The first kappa shape index (κ1) is 19.0. The smallest absolute Gasteiger partial charge is 0.248 e. The molecule has 4 rings (SSSR count). The van der Waals surface area contributed by atoms with Crippen LogP contribution in [0.3, 0.4) is 0 Å². The van der Waals surface area contributed by atoms with E-state index in [0.29, 0.717) is 38.7 Å². The molecule has 0 aliphatic carbocycles. The van der Waals surface area contributed by atoms with Crippen LogP contribution < -0.4 is 11.1 Å². The number of anilines is 1. The molecule has 0 spiro atoms.